The van der Waals surface area contributed by atoms with Gasteiger partial charge in [0.1, 0.15) is 6.10 Å². The van der Waals surface area contributed by atoms with Gasteiger partial charge < -0.3 is 35.0 Å². The number of esters is 2. The number of carbonyl (C=O) groups is 2. The number of allylic oxidation sites excluding steroid dienone is 3. The molecule has 0 aromatic rings. The first-order valence-electron chi connectivity index (χ1n) is 18.0. The number of carbonyl (C=O) groups excluding carboxylic acids is 2. The van der Waals surface area contributed by atoms with Crippen molar-refractivity contribution in [3.63, 3.8) is 0 Å². The smallest absolute Gasteiger partial charge is 0.333 e. The highest BCUT2D eigenvalue weighted by atomic mass is 16.6. The molecular weight excluding hydrogens is 612 g/mol. The van der Waals surface area contributed by atoms with Crippen molar-refractivity contribution >= 4 is 11.9 Å². The molecule has 5 aliphatic carbocycles. The minimum Gasteiger partial charge on any atom is -0.454 e. The van der Waals surface area contributed by atoms with Gasteiger partial charge in [-0.3, -0.25) is 0 Å². The van der Waals surface area contributed by atoms with Gasteiger partial charge in [0.2, 0.25) is 0 Å². The molecule has 5 N–H and O–H groups in total. The lowest BCUT2D eigenvalue weighted by Crippen LogP contribution is -2.74. The molecule has 4 saturated carbocycles. The van der Waals surface area contributed by atoms with Gasteiger partial charge in [-0.2, -0.15) is 0 Å². The van der Waals surface area contributed by atoms with Crippen LogP contribution in [0, 0.1) is 50.7 Å². The molecule has 5 rings (SSSR count). The second-order valence-electron chi connectivity index (χ2n) is 17.3. The fraction of sp³-hybridized carbons (Fsp3) is 0.795. The van der Waals surface area contributed by atoms with Crippen LogP contribution in [0.1, 0.15) is 101 Å². The normalized spacial score (nSPS) is 47.0. The summed E-state index contributed by atoms with van der Waals surface area (Å²) in [7, 11) is 0. The lowest BCUT2D eigenvalue weighted by molar-refractivity contribution is -0.276. The standard InChI is InChI=1S/C39H60O9/c1-10-21(3)33(45)47-31-32(48-34(46)22(4)11-2)39(20-41)24(18-35(31,5)6)23-12-13-25-36(7)17-15-27(42)38(9,19-40)26(36)14-16-37(25,8)28(23)29(43)30(39)44/h10-12,24-32,40-44H,13-20H2,1-9H3/b21-10-,22-11-/t24?,25?,26?,27-,28?,29+,30+,31-,32-,36+,37+,38+,39-/m0/s1. The van der Waals surface area contributed by atoms with Crippen molar-refractivity contribution in [2.75, 3.05) is 13.2 Å². The number of ether oxygens (including phenoxy) is 2. The largest absolute Gasteiger partial charge is 0.454 e. The van der Waals surface area contributed by atoms with Crippen LogP contribution in [0.15, 0.2) is 34.9 Å². The number of aliphatic hydroxyl groups excluding tert-OH is 5. The molecule has 4 unspecified atom stereocenters. The number of hydrogen-bond donors (Lipinski definition) is 5. The third-order valence-corrected chi connectivity index (χ3v) is 14.7. The molecule has 0 saturated heterocycles. The third kappa shape index (κ3) is 5.11. The highest BCUT2D eigenvalue weighted by Crippen LogP contribution is 2.72. The van der Waals surface area contributed by atoms with Crippen LogP contribution >= 0.6 is 0 Å². The maximum atomic E-state index is 13.5. The molecular formula is C39H60O9. The molecule has 0 aromatic heterocycles. The van der Waals surface area contributed by atoms with Gasteiger partial charge in [-0.25, -0.2) is 9.59 Å². The molecule has 270 valence electrons. The van der Waals surface area contributed by atoms with Crippen molar-refractivity contribution in [1.82, 2.24) is 0 Å². The summed E-state index contributed by atoms with van der Waals surface area (Å²) in [5.74, 6) is -1.88. The van der Waals surface area contributed by atoms with E-state index in [4.69, 9.17) is 9.47 Å². The zero-order valence-electron chi connectivity index (χ0n) is 30.5. The Morgan fingerprint density at radius 2 is 1.40 bits per heavy atom. The van der Waals surface area contributed by atoms with E-state index in [1.54, 1.807) is 39.8 Å². The summed E-state index contributed by atoms with van der Waals surface area (Å²) >= 11 is 0. The monoisotopic (exact) mass is 672 g/mol. The Morgan fingerprint density at radius 1 is 0.833 bits per heavy atom. The highest BCUT2D eigenvalue weighted by molar-refractivity contribution is 5.88. The number of rotatable bonds is 6. The Balaban J connectivity index is 1.65. The van der Waals surface area contributed by atoms with Crippen LogP contribution in [0.5, 0.6) is 0 Å². The first-order valence-corrected chi connectivity index (χ1v) is 18.0. The Labute approximate surface area is 286 Å². The maximum absolute atomic E-state index is 13.5. The molecule has 0 aromatic carbocycles. The van der Waals surface area contributed by atoms with Crippen molar-refractivity contribution in [3.05, 3.63) is 34.9 Å². The zero-order chi connectivity index (χ0) is 35.8. The maximum Gasteiger partial charge on any atom is 0.333 e. The summed E-state index contributed by atoms with van der Waals surface area (Å²) in [6, 6.07) is 0. The molecule has 9 heteroatoms. The summed E-state index contributed by atoms with van der Waals surface area (Å²) < 4.78 is 12.4. The summed E-state index contributed by atoms with van der Waals surface area (Å²) in [6.45, 7) is 16.5. The Morgan fingerprint density at radius 3 is 1.94 bits per heavy atom. The van der Waals surface area contributed by atoms with Crippen LogP contribution in [0.2, 0.25) is 0 Å². The predicted octanol–water partition coefficient (Wildman–Crippen LogP) is 4.64. The molecule has 48 heavy (non-hydrogen) atoms. The number of aliphatic hydroxyl groups is 5. The van der Waals surface area contributed by atoms with Crippen molar-refractivity contribution < 1.29 is 44.6 Å². The molecule has 13 atom stereocenters. The van der Waals surface area contributed by atoms with Crippen molar-refractivity contribution in [2.24, 2.45) is 50.7 Å². The summed E-state index contributed by atoms with van der Waals surface area (Å²) in [5.41, 5.74) is -1.83. The van der Waals surface area contributed by atoms with Crippen LogP contribution in [0.25, 0.3) is 0 Å². The summed E-state index contributed by atoms with van der Waals surface area (Å²) in [6.07, 6.45) is 3.93. The first-order chi connectivity index (χ1) is 22.3. The van der Waals surface area contributed by atoms with Gasteiger partial charge in [0, 0.05) is 27.9 Å². The number of hydrogen-bond acceptors (Lipinski definition) is 9. The van der Waals surface area contributed by atoms with Crippen LogP contribution < -0.4 is 0 Å². The lowest BCUT2D eigenvalue weighted by Gasteiger charge is -2.70. The van der Waals surface area contributed by atoms with Gasteiger partial charge in [0.15, 0.2) is 6.10 Å². The summed E-state index contributed by atoms with van der Waals surface area (Å²) in [5, 5.41) is 57.8. The second kappa shape index (κ2) is 12.6. The van der Waals surface area contributed by atoms with E-state index in [2.05, 4.69) is 19.9 Å². The summed E-state index contributed by atoms with van der Waals surface area (Å²) in [4.78, 5) is 26.7. The van der Waals surface area contributed by atoms with Gasteiger partial charge in [-0.15, -0.1) is 0 Å². The minimum atomic E-state index is -1.54. The average Bonchev–Trinajstić information content (AvgIpc) is 3.05. The van der Waals surface area contributed by atoms with Gasteiger partial charge in [0.05, 0.1) is 36.9 Å². The Kier molecular flexibility index (Phi) is 9.79. The topological polar surface area (TPSA) is 154 Å². The second-order valence-corrected chi connectivity index (χ2v) is 17.3. The van der Waals surface area contributed by atoms with Crippen molar-refractivity contribution in [2.45, 2.75) is 131 Å². The van der Waals surface area contributed by atoms with E-state index in [1.165, 1.54) is 0 Å². The van der Waals surface area contributed by atoms with Gasteiger partial charge >= 0.3 is 11.9 Å². The van der Waals surface area contributed by atoms with Gasteiger partial charge in [0.25, 0.3) is 0 Å². The Hall–Kier alpha value is -2.04. The molecule has 0 bridgehead atoms. The van der Waals surface area contributed by atoms with Crippen LogP contribution in [0.4, 0.5) is 0 Å². The molecule has 9 nitrogen and oxygen atoms in total. The fourth-order valence-corrected chi connectivity index (χ4v) is 11.6. The first kappa shape index (κ1) is 37.2. The SMILES string of the molecule is C/C=C(/C)C(=O)O[C@H]1[C@H](OC(=O)/C(C)=C\C)[C@@]2(CO)C(CC1(C)C)C1=CCC3[C@@](C)(CCC4[C@]3(C)CC[C@H](O)[C@]4(C)CO)C1[C@@H](O)[C@H]2O. The molecule has 5 aliphatic rings. The van der Waals surface area contributed by atoms with E-state index < -0.39 is 82.6 Å². The van der Waals surface area contributed by atoms with Crippen LogP contribution in [0.3, 0.4) is 0 Å². The van der Waals surface area contributed by atoms with Gasteiger partial charge in [-0.1, -0.05) is 58.4 Å². The fourth-order valence-electron chi connectivity index (χ4n) is 11.6. The Bertz CT molecular complexity index is 1380. The van der Waals surface area contributed by atoms with Crippen LogP contribution in [-0.2, 0) is 19.1 Å². The number of fused-ring (bicyclic) bond motifs is 7. The minimum absolute atomic E-state index is 0.0913. The van der Waals surface area contributed by atoms with E-state index in [1.807, 2.05) is 20.8 Å². The van der Waals surface area contributed by atoms with Crippen molar-refractivity contribution in [1.29, 1.82) is 0 Å². The molecule has 0 spiro atoms. The average molecular weight is 673 g/mol. The van der Waals surface area contributed by atoms with Crippen LogP contribution in [-0.4, -0.2) is 81.2 Å². The van der Waals surface area contributed by atoms with Gasteiger partial charge in [-0.05, 0) is 94.8 Å². The molecule has 4 fully saturated rings. The van der Waals surface area contributed by atoms with E-state index in [-0.39, 0.29) is 23.9 Å². The van der Waals surface area contributed by atoms with E-state index >= 15 is 0 Å². The molecule has 0 radical (unpaired) electrons. The third-order valence-electron chi connectivity index (χ3n) is 14.7. The molecule has 0 amide bonds. The van der Waals surface area contributed by atoms with E-state index in [0.717, 1.165) is 31.3 Å². The quantitative estimate of drug-likeness (QED) is 0.154. The lowest BCUT2D eigenvalue weighted by atomic mass is 9.36. The van der Waals surface area contributed by atoms with E-state index in [0.29, 0.717) is 24.0 Å². The van der Waals surface area contributed by atoms with Crippen molar-refractivity contribution in [3.8, 4) is 0 Å². The van der Waals surface area contributed by atoms with E-state index in [9.17, 15) is 35.1 Å². The zero-order valence-corrected chi connectivity index (χ0v) is 30.5. The highest BCUT2D eigenvalue weighted by Gasteiger charge is 2.73. The molecule has 0 heterocycles. The predicted molar refractivity (Wildman–Crippen MR) is 181 cm³/mol. The molecule has 0 aliphatic heterocycles.